The summed E-state index contributed by atoms with van der Waals surface area (Å²) in [5, 5.41) is 0. The third-order valence-corrected chi connectivity index (χ3v) is 5.75. The van der Waals surface area contributed by atoms with Crippen molar-refractivity contribution in [3.63, 3.8) is 0 Å². The second-order valence-electron chi connectivity index (χ2n) is 7.21. The quantitative estimate of drug-likeness (QED) is 0.857. The molecule has 5 nitrogen and oxygen atoms in total. The molecule has 4 heterocycles. The predicted octanol–water partition coefficient (Wildman–Crippen LogP) is 2.24. The van der Waals surface area contributed by atoms with E-state index in [1.54, 1.807) is 18.4 Å². The second kappa shape index (κ2) is 6.65. The van der Waals surface area contributed by atoms with E-state index in [4.69, 9.17) is 9.15 Å². The van der Waals surface area contributed by atoms with Gasteiger partial charge in [-0.15, -0.1) is 0 Å². The molecule has 0 aliphatic carbocycles. The molecule has 1 amide bonds. The summed E-state index contributed by atoms with van der Waals surface area (Å²) in [7, 11) is 0. The highest BCUT2D eigenvalue weighted by Gasteiger charge is 2.41. The van der Waals surface area contributed by atoms with Gasteiger partial charge in [-0.25, -0.2) is 0 Å². The number of ether oxygens (including phenoxy) is 1. The number of hydrogen-bond donors (Lipinski definition) is 0. The monoisotopic (exact) mass is 318 g/mol. The van der Waals surface area contributed by atoms with Crippen LogP contribution in [0.3, 0.4) is 0 Å². The molecule has 5 heteroatoms. The van der Waals surface area contributed by atoms with E-state index >= 15 is 0 Å². The van der Waals surface area contributed by atoms with Crippen molar-refractivity contribution in [3.05, 3.63) is 24.2 Å². The van der Waals surface area contributed by atoms with Crippen LogP contribution in [0.1, 0.15) is 36.2 Å². The number of nitrogens with zero attached hydrogens (tertiary/aromatic N) is 2. The lowest BCUT2D eigenvalue weighted by Crippen LogP contribution is -2.47. The summed E-state index contributed by atoms with van der Waals surface area (Å²) in [6, 6.07) is 4.09. The summed E-state index contributed by atoms with van der Waals surface area (Å²) in [5.41, 5.74) is 0. The topological polar surface area (TPSA) is 45.9 Å². The maximum absolute atomic E-state index is 12.5. The molecule has 0 aromatic carbocycles. The van der Waals surface area contributed by atoms with Crippen molar-refractivity contribution in [1.29, 1.82) is 0 Å². The zero-order valence-corrected chi connectivity index (χ0v) is 13.7. The predicted molar refractivity (Wildman–Crippen MR) is 86.2 cm³/mol. The Morgan fingerprint density at radius 1 is 1.22 bits per heavy atom. The fourth-order valence-corrected chi connectivity index (χ4v) is 4.48. The molecule has 1 aromatic rings. The number of rotatable bonds is 3. The Kier molecular flexibility index (Phi) is 4.40. The van der Waals surface area contributed by atoms with Crippen LogP contribution in [-0.4, -0.2) is 61.1 Å². The molecule has 4 rings (SSSR count). The molecular weight excluding hydrogens is 292 g/mol. The van der Waals surface area contributed by atoms with Crippen LogP contribution in [0, 0.1) is 11.8 Å². The number of carbonyl (C=O) groups is 1. The van der Waals surface area contributed by atoms with Crippen molar-refractivity contribution in [2.45, 2.75) is 31.7 Å². The molecule has 0 radical (unpaired) electrons. The minimum Gasteiger partial charge on any atom is -0.459 e. The maximum Gasteiger partial charge on any atom is 0.289 e. The summed E-state index contributed by atoms with van der Waals surface area (Å²) in [5.74, 6) is 1.91. The first-order valence-corrected chi connectivity index (χ1v) is 8.96. The van der Waals surface area contributed by atoms with Crippen LogP contribution in [0.4, 0.5) is 0 Å². The number of furan rings is 1. The Morgan fingerprint density at radius 3 is 2.87 bits per heavy atom. The lowest BCUT2D eigenvalue weighted by Gasteiger charge is -2.39. The standard InChI is InChI=1S/C18H26N2O3/c21-18(17-4-2-8-23-17)20-12-15-3-1-7-19(16(15)13-20)11-14-5-9-22-10-6-14/h2,4,8,14-16H,1,3,5-7,9-13H2/t15-,16+/m0/s1. The van der Waals surface area contributed by atoms with Gasteiger partial charge >= 0.3 is 0 Å². The molecule has 0 unspecified atom stereocenters. The third kappa shape index (κ3) is 3.17. The molecule has 0 N–H and O–H groups in total. The highest BCUT2D eigenvalue weighted by Crippen LogP contribution is 2.32. The number of piperidine rings is 1. The van der Waals surface area contributed by atoms with E-state index in [9.17, 15) is 4.79 Å². The van der Waals surface area contributed by atoms with Crippen LogP contribution >= 0.6 is 0 Å². The van der Waals surface area contributed by atoms with Crippen molar-refractivity contribution < 1.29 is 13.9 Å². The Labute approximate surface area is 137 Å². The van der Waals surface area contributed by atoms with Crippen molar-refractivity contribution in [3.8, 4) is 0 Å². The van der Waals surface area contributed by atoms with Gasteiger partial charge in [0.25, 0.3) is 5.91 Å². The van der Waals surface area contributed by atoms with Crippen molar-refractivity contribution in [1.82, 2.24) is 9.80 Å². The molecule has 0 saturated carbocycles. The largest absolute Gasteiger partial charge is 0.459 e. The molecule has 3 aliphatic heterocycles. The maximum atomic E-state index is 12.5. The number of hydrogen-bond acceptors (Lipinski definition) is 4. The second-order valence-corrected chi connectivity index (χ2v) is 7.21. The van der Waals surface area contributed by atoms with E-state index in [2.05, 4.69) is 4.90 Å². The van der Waals surface area contributed by atoms with Gasteiger partial charge in [0.05, 0.1) is 6.26 Å². The SMILES string of the molecule is O=C(c1ccco1)N1C[C@@H]2CCCN(CC3CCOCC3)[C@@H]2C1. The molecule has 1 aromatic heterocycles. The van der Waals surface area contributed by atoms with Crippen LogP contribution in [0.5, 0.6) is 0 Å². The van der Waals surface area contributed by atoms with E-state index in [1.165, 1.54) is 38.8 Å². The van der Waals surface area contributed by atoms with E-state index < -0.39 is 0 Å². The fraction of sp³-hybridized carbons (Fsp3) is 0.722. The molecule has 2 atom stereocenters. The van der Waals surface area contributed by atoms with Crippen LogP contribution in [0.15, 0.2) is 22.8 Å². The number of amides is 1. The van der Waals surface area contributed by atoms with Gasteiger partial charge < -0.3 is 14.1 Å². The average Bonchev–Trinajstić information content (AvgIpc) is 3.25. The summed E-state index contributed by atoms with van der Waals surface area (Å²) >= 11 is 0. The highest BCUT2D eigenvalue weighted by atomic mass is 16.5. The Hall–Kier alpha value is -1.33. The van der Waals surface area contributed by atoms with Crippen LogP contribution in [0.2, 0.25) is 0 Å². The normalized spacial score (nSPS) is 29.7. The lowest BCUT2D eigenvalue weighted by molar-refractivity contribution is 0.0339. The number of carbonyl (C=O) groups excluding carboxylic acids is 1. The van der Waals surface area contributed by atoms with Gasteiger partial charge in [-0.2, -0.15) is 0 Å². The zero-order valence-electron chi connectivity index (χ0n) is 13.7. The summed E-state index contributed by atoms with van der Waals surface area (Å²) in [6.45, 7) is 5.92. The van der Waals surface area contributed by atoms with E-state index in [0.717, 1.165) is 32.2 Å². The molecule has 126 valence electrons. The first-order valence-electron chi connectivity index (χ1n) is 8.96. The first kappa shape index (κ1) is 15.2. The molecule has 23 heavy (non-hydrogen) atoms. The van der Waals surface area contributed by atoms with Crippen LogP contribution in [0.25, 0.3) is 0 Å². The van der Waals surface area contributed by atoms with Gasteiger partial charge in [0.1, 0.15) is 0 Å². The molecule has 3 saturated heterocycles. The summed E-state index contributed by atoms with van der Waals surface area (Å²) in [4.78, 5) is 17.2. The summed E-state index contributed by atoms with van der Waals surface area (Å²) < 4.78 is 10.8. The first-order chi connectivity index (χ1) is 11.3. The van der Waals surface area contributed by atoms with E-state index in [1.807, 2.05) is 4.90 Å². The Bertz CT molecular complexity index is 524. The minimum absolute atomic E-state index is 0.0513. The van der Waals surface area contributed by atoms with Gasteiger partial charge in [-0.3, -0.25) is 9.69 Å². The smallest absolute Gasteiger partial charge is 0.289 e. The van der Waals surface area contributed by atoms with Crippen molar-refractivity contribution in [2.75, 3.05) is 39.4 Å². The zero-order chi connectivity index (χ0) is 15.6. The molecule has 0 bridgehead atoms. The van der Waals surface area contributed by atoms with Crippen LogP contribution < -0.4 is 0 Å². The van der Waals surface area contributed by atoms with E-state index in [-0.39, 0.29) is 5.91 Å². The van der Waals surface area contributed by atoms with Crippen LogP contribution in [-0.2, 0) is 4.74 Å². The average molecular weight is 318 g/mol. The van der Waals surface area contributed by atoms with Crippen molar-refractivity contribution in [2.24, 2.45) is 11.8 Å². The van der Waals surface area contributed by atoms with Gasteiger partial charge in [0.15, 0.2) is 5.76 Å². The third-order valence-electron chi connectivity index (χ3n) is 5.75. The molecule has 0 spiro atoms. The lowest BCUT2D eigenvalue weighted by atomic mass is 9.90. The van der Waals surface area contributed by atoms with Gasteiger partial charge in [-0.1, -0.05) is 0 Å². The van der Waals surface area contributed by atoms with Gasteiger partial charge in [-0.05, 0) is 56.2 Å². The van der Waals surface area contributed by atoms with Crippen molar-refractivity contribution >= 4 is 5.91 Å². The van der Waals surface area contributed by atoms with E-state index in [0.29, 0.717) is 17.7 Å². The van der Waals surface area contributed by atoms with Gasteiger partial charge in [0.2, 0.25) is 0 Å². The number of fused-ring (bicyclic) bond motifs is 1. The Balaban J connectivity index is 1.40. The molecule has 3 fully saturated rings. The molecule has 3 aliphatic rings. The molecular formula is C18H26N2O3. The minimum atomic E-state index is 0.0513. The fourth-order valence-electron chi connectivity index (χ4n) is 4.48. The summed E-state index contributed by atoms with van der Waals surface area (Å²) in [6.07, 6.45) is 6.45. The van der Waals surface area contributed by atoms with Gasteiger partial charge in [0, 0.05) is 38.9 Å². The Morgan fingerprint density at radius 2 is 2.09 bits per heavy atom. The number of likely N-dealkylation sites (tertiary alicyclic amines) is 2. The highest BCUT2D eigenvalue weighted by molar-refractivity contribution is 5.91.